The highest BCUT2D eigenvalue weighted by Crippen LogP contribution is 2.10. The highest BCUT2D eigenvalue weighted by molar-refractivity contribution is 5.87. The summed E-state index contributed by atoms with van der Waals surface area (Å²) in [6.45, 7) is 7.18. The van der Waals surface area contributed by atoms with Gasteiger partial charge in [-0.1, -0.05) is 30.3 Å². The second-order valence-corrected chi connectivity index (χ2v) is 6.07. The fourth-order valence-electron chi connectivity index (χ4n) is 1.96. The predicted octanol–water partition coefficient (Wildman–Crippen LogP) is 2.45. The van der Waals surface area contributed by atoms with Crippen molar-refractivity contribution in [1.29, 1.82) is 5.26 Å². The third-order valence-corrected chi connectivity index (χ3v) is 2.97. The number of benzene rings is 1. The van der Waals surface area contributed by atoms with Gasteiger partial charge in [0.15, 0.2) is 6.19 Å². The van der Waals surface area contributed by atoms with Crippen molar-refractivity contribution in [2.45, 2.75) is 45.8 Å². The van der Waals surface area contributed by atoms with Crippen LogP contribution in [-0.2, 0) is 16.0 Å². The van der Waals surface area contributed by atoms with Gasteiger partial charge < -0.3 is 10.1 Å². The van der Waals surface area contributed by atoms with Crippen LogP contribution in [0.25, 0.3) is 0 Å². The maximum atomic E-state index is 12.4. The van der Waals surface area contributed by atoms with E-state index in [1.807, 2.05) is 36.5 Å². The average Bonchev–Trinajstić information content (AvgIpc) is 2.47. The van der Waals surface area contributed by atoms with Crippen molar-refractivity contribution in [2.24, 2.45) is 0 Å². The van der Waals surface area contributed by atoms with E-state index in [0.717, 1.165) is 10.5 Å². The molecule has 2 amide bonds. The number of hydrogen-bond donors (Lipinski definition) is 1. The lowest BCUT2D eigenvalue weighted by molar-refractivity contribution is -0.130. The van der Waals surface area contributed by atoms with E-state index in [0.29, 0.717) is 0 Å². The minimum Gasteiger partial charge on any atom is -0.444 e. The second-order valence-electron chi connectivity index (χ2n) is 6.07. The van der Waals surface area contributed by atoms with Crippen molar-refractivity contribution in [1.82, 2.24) is 10.2 Å². The Morgan fingerprint density at radius 3 is 2.39 bits per heavy atom. The molecule has 1 rings (SSSR count). The zero-order chi connectivity index (χ0) is 17.5. The van der Waals surface area contributed by atoms with Crippen LogP contribution in [0.5, 0.6) is 0 Å². The lowest BCUT2D eigenvalue weighted by Crippen LogP contribution is -2.49. The number of carbonyl (C=O) groups is 2. The van der Waals surface area contributed by atoms with E-state index in [1.54, 1.807) is 27.7 Å². The van der Waals surface area contributed by atoms with Crippen LogP contribution in [0.2, 0.25) is 0 Å². The highest BCUT2D eigenvalue weighted by Gasteiger charge is 2.27. The SMILES string of the molecule is CCN(C#N)C(=O)C(Cc1ccccc1)NC(=O)OC(C)(C)C. The molecule has 0 spiro atoms. The molecule has 124 valence electrons. The standard InChI is InChI=1S/C17H23N3O3/c1-5-20(12-18)15(21)14(11-13-9-7-6-8-10-13)19-16(22)23-17(2,3)4/h6-10,14H,5,11H2,1-4H3,(H,19,22). The van der Waals surface area contributed by atoms with Crippen LogP contribution < -0.4 is 5.32 Å². The summed E-state index contributed by atoms with van der Waals surface area (Å²) >= 11 is 0. The van der Waals surface area contributed by atoms with Gasteiger partial charge in [0.25, 0.3) is 5.91 Å². The van der Waals surface area contributed by atoms with Crippen LogP contribution >= 0.6 is 0 Å². The van der Waals surface area contributed by atoms with Crippen LogP contribution in [0, 0.1) is 11.5 Å². The Labute approximate surface area is 137 Å². The smallest absolute Gasteiger partial charge is 0.408 e. The van der Waals surface area contributed by atoms with Gasteiger partial charge in [0.1, 0.15) is 11.6 Å². The quantitative estimate of drug-likeness (QED) is 0.668. The molecule has 0 aliphatic rings. The van der Waals surface area contributed by atoms with Gasteiger partial charge in [-0.3, -0.25) is 4.79 Å². The molecule has 0 radical (unpaired) electrons. The Kier molecular flexibility index (Phi) is 6.58. The summed E-state index contributed by atoms with van der Waals surface area (Å²) in [6.07, 6.45) is 1.44. The van der Waals surface area contributed by atoms with E-state index < -0.39 is 23.6 Å². The molecule has 23 heavy (non-hydrogen) atoms. The van der Waals surface area contributed by atoms with Gasteiger partial charge >= 0.3 is 6.09 Å². The summed E-state index contributed by atoms with van der Waals surface area (Å²) in [7, 11) is 0. The van der Waals surface area contributed by atoms with Crippen LogP contribution in [0.1, 0.15) is 33.3 Å². The Hall–Kier alpha value is -2.55. The molecular weight excluding hydrogens is 294 g/mol. The van der Waals surface area contributed by atoms with E-state index in [2.05, 4.69) is 5.32 Å². The molecule has 1 aromatic rings. The van der Waals surface area contributed by atoms with Gasteiger partial charge in [-0.25, -0.2) is 9.69 Å². The predicted molar refractivity (Wildman–Crippen MR) is 86.3 cm³/mol. The van der Waals surface area contributed by atoms with E-state index in [9.17, 15) is 9.59 Å². The van der Waals surface area contributed by atoms with Crippen molar-refractivity contribution < 1.29 is 14.3 Å². The maximum absolute atomic E-state index is 12.4. The first kappa shape index (κ1) is 18.5. The molecule has 6 heteroatoms. The Balaban J connectivity index is 2.90. The summed E-state index contributed by atoms with van der Waals surface area (Å²) in [4.78, 5) is 25.4. The number of alkyl carbamates (subject to hydrolysis) is 1. The van der Waals surface area contributed by atoms with Gasteiger partial charge in [0, 0.05) is 13.0 Å². The first-order valence-electron chi connectivity index (χ1n) is 7.51. The molecule has 0 saturated carbocycles. The molecular formula is C17H23N3O3. The third-order valence-electron chi connectivity index (χ3n) is 2.97. The Morgan fingerprint density at radius 2 is 1.91 bits per heavy atom. The minimum atomic E-state index is -0.855. The molecule has 0 fully saturated rings. The minimum absolute atomic E-state index is 0.247. The molecule has 0 aliphatic carbocycles. The van der Waals surface area contributed by atoms with E-state index in [1.165, 1.54) is 0 Å². The van der Waals surface area contributed by atoms with Crippen molar-refractivity contribution in [2.75, 3.05) is 6.54 Å². The average molecular weight is 317 g/mol. The molecule has 1 unspecified atom stereocenters. The van der Waals surface area contributed by atoms with Crippen LogP contribution in [-0.4, -0.2) is 35.1 Å². The first-order valence-corrected chi connectivity index (χ1v) is 7.51. The first-order chi connectivity index (χ1) is 10.8. The zero-order valence-electron chi connectivity index (χ0n) is 14.0. The molecule has 6 nitrogen and oxygen atoms in total. The summed E-state index contributed by atoms with van der Waals surface area (Å²) in [5.74, 6) is -0.454. The summed E-state index contributed by atoms with van der Waals surface area (Å²) < 4.78 is 5.20. The number of hydrogen-bond acceptors (Lipinski definition) is 4. The van der Waals surface area contributed by atoms with E-state index in [-0.39, 0.29) is 13.0 Å². The van der Waals surface area contributed by atoms with E-state index in [4.69, 9.17) is 10.00 Å². The summed E-state index contributed by atoms with van der Waals surface area (Å²) in [5.41, 5.74) is 0.222. The number of amides is 2. The lowest BCUT2D eigenvalue weighted by Gasteiger charge is -2.24. The maximum Gasteiger partial charge on any atom is 0.408 e. The molecule has 1 atom stereocenters. The third kappa shape index (κ3) is 6.39. The van der Waals surface area contributed by atoms with Gasteiger partial charge in [0.05, 0.1) is 0 Å². The molecule has 1 aromatic carbocycles. The second kappa shape index (κ2) is 8.18. The fourth-order valence-corrected chi connectivity index (χ4v) is 1.96. The number of rotatable bonds is 5. The number of nitriles is 1. The molecule has 1 N–H and O–H groups in total. The topological polar surface area (TPSA) is 82.4 Å². The van der Waals surface area contributed by atoms with Gasteiger partial charge in [-0.15, -0.1) is 0 Å². The molecule has 0 aromatic heterocycles. The summed E-state index contributed by atoms with van der Waals surface area (Å²) in [6, 6.07) is 8.44. The van der Waals surface area contributed by atoms with Crippen molar-refractivity contribution in [3.05, 3.63) is 35.9 Å². The molecule has 0 aliphatic heterocycles. The largest absolute Gasteiger partial charge is 0.444 e. The normalized spacial score (nSPS) is 12.0. The Bertz CT molecular complexity index is 573. The monoisotopic (exact) mass is 317 g/mol. The Morgan fingerprint density at radius 1 is 1.30 bits per heavy atom. The number of likely N-dealkylation sites (N-methyl/N-ethyl adjacent to an activating group) is 1. The fraction of sp³-hybridized carbons (Fsp3) is 0.471. The lowest BCUT2D eigenvalue weighted by atomic mass is 10.1. The van der Waals surface area contributed by atoms with E-state index >= 15 is 0 Å². The van der Waals surface area contributed by atoms with Crippen LogP contribution in [0.3, 0.4) is 0 Å². The molecule has 0 saturated heterocycles. The zero-order valence-corrected chi connectivity index (χ0v) is 14.0. The van der Waals surface area contributed by atoms with Gasteiger partial charge in [-0.2, -0.15) is 5.26 Å². The summed E-state index contributed by atoms with van der Waals surface area (Å²) in [5, 5.41) is 11.6. The molecule has 0 bridgehead atoms. The van der Waals surface area contributed by atoms with Crippen molar-refractivity contribution in [3.63, 3.8) is 0 Å². The van der Waals surface area contributed by atoms with Crippen molar-refractivity contribution >= 4 is 12.0 Å². The number of ether oxygens (including phenoxy) is 1. The van der Waals surface area contributed by atoms with Crippen molar-refractivity contribution in [3.8, 4) is 6.19 Å². The number of nitrogens with one attached hydrogen (secondary N) is 1. The van der Waals surface area contributed by atoms with Crippen LogP contribution in [0.15, 0.2) is 30.3 Å². The molecule has 0 heterocycles. The van der Waals surface area contributed by atoms with Gasteiger partial charge in [0.2, 0.25) is 0 Å². The number of nitrogens with zero attached hydrogens (tertiary/aromatic N) is 2. The van der Waals surface area contributed by atoms with Gasteiger partial charge in [-0.05, 0) is 33.3 Å². The highest BCUT2D eigenvalue weighted by atomic mass is 16.6. The van der Waals surface area contributed by atoms with Crippen LogP contribution in [0.4, 0.5) is 4.79 Å². The number of carbonyl (C=O) groups excluding carboxylic acids is 2.